The van der Waals surface area contributed by atoms with Crippen LogP contribution < -0.4 is 4.74 Å². The first kappa shape index (κ1) is 20.7. The molecule has 3 rings (SSSR count). The topological polar surface area (TPSA) is 77.5 Å². The third kappa shape index (κ3) is 4.88. The van der Waals surface area contributed by atoms with Gasteiger partial charge in [-0.25, -0.2) is 17.6 Å². The summed E-state index contributed by atoms with van der Waals surface area (Å²) in [6.45, 7) is 0. The van der Waals surface area contributed by atoms with E-state index in [0.717, 1.165) is 12.3 Å². The smallest absolute Gasteiger partial charge is 0.345 e. The predicted octanol–water partition coefficient (Wildman–Crippen LogP) is 4.33. The van der Waals surface area contributed by atoms with Crippen LogP contribution in [0.5, 0.6) is 5.75 Å². The molecule has 0 aromatic heterocycles. The highest BCUT2D eigenvalue weighted by Crippen LogP contribution is 2.23. The number of ketones is 1. The van der Waals surface area contributed by atoms with E-state index in [0.29, 0.717) is 11.1 Å². The van der Waals surface area contributed by atoms with Crippen molar-refractivity contribution >= 4 is 33.2 Å². The minimum absolute atomic E-state index is 0.0468. The second-order valence-corrected chi connectivity index (χ2v) is 8.59. The molecule has 0 radical (unpaired) electrons. The Bertz CT molecular complexity index is 1190. The van der Waals surface area contributed by atoms with Crippen molar-refractivity contribution in [1.29, 1.82) is 0 Å². The molecular weight excluding hydrogens is 419 g/mol. The van der Waals surface area contributed by atoms with E-state index in [1.165, 1.54) is 60.7 Å². The summed E-state index contributed by atoms with van der Waals surface area (Å²) in [7, 11) is -3.52. The molecule has 3 aromatic rings. The number of sulfone groups is 1. The van der Waals surface area contributed by atoms with Crippen molar-refractivity contribution in [2.24, 2.45) is 0 Å². The molecule has 148 valence electrons. The Balaban J connectivity index is 1.79. The third-order valence-electron chi connectivity index (χ3n) is 4.02. The van der Waals surface area contributed by atoms with Crippen LogP contribution in [0.2, 0.25) is 5.02 Å². The van der Waals surface area contributed by atoms with Gasteiger partial charge in [0.25, 0.3) is 0 Å². The number of carbonyl (C=O) groups excluding carboxylic acids is 2. The van der Waals surface area contributed by atoms with Gasteiger partial charge in [-0.1, -0.05) is 11.6 Å². The van der Waals surface area contributed by atoms with Gasteiger partial charge in [-0.15, -0.1) is 0 Å². The van der Waals surface area contributed by atoms with Gasteiger partial charge in [0, 0.05) is 17.4 Å². The quantitative estimate of drug-likeness (QED) is 0.340. The Morgan fingerprint density at radius 3 is 2.00 bits per heavy atom. The average molecular weight is 433 g/mol. The van der Waals surface area contributed by atoms with Crippen LogP contribution in [0.15, 0.2) is 71.6 Å². The summed E-state index contributed by atoms with van der Waals surface area (Å²) in [4.78, 5) is 24.7. The first-order valence-corrected chi connectivity index (χ1v) is 10.5. The zero-order valence-electron chi connectivity index (χ0n) is 15.1. The fourth-order valence-electron chi connectivity index (χ4n) is 2.50. The molecule has 0 aliphatic heterocycles. The SMILES string of the molecule is CS(=O)(=O)c1ccc(Cl)c(C(=O)Oc2ccc(C(=O)c3ccc(F)cc3)cc2)c1. The molecule has 0 amide bonds. The van der Waals surface area contributed by atoms with Gasteiger partial charge < -0.3 is 4.74 Å². The van der Waals surface area contributed by atoms with Crippen LogP contribution in [0, 0.1) is 5.82 Å². The number of ether oxygens (including phenoxy) is 1. The van der Waals surface area contributed by atoms with Crippen LogP contribution in [-0.4, -0.2) is 26.4 Å². The minimum Gasteiger partial charge on any atom is -0.423 e. The zero-order chi connectivity index (χ0) is 21.2. The summed E-state index contributed by atoms with van der Waals surface area (Å²) < 4.78 is 41.5. The van der Waals surface area contributed by atoms with Gasteiger partial charge in [0.1, 0.15) is 11.6 Å². The van der Waals surface area contributed by atoms with E-state index in [4.69, 9.17) is 16.3 Å². The molecule has 0 atom stereocenters. The van der Waals surface area contributed by atoms with E-state index in [9.17, 15) is 22.4 Å². The van der Waals surface area contributed by atoms with Crippen LogP contribution in [0.4, 0.5) is 4.39 Å². The Kier molecular flexibility index (Phi) is 5.81. The Morgan fingerprint density at radius 2 is 1.45 bits per heavy atom. The highest BCUT2D eigenvalue weighted by molar-refractivity contribution is 7.90. The van der Waals surface area contributed by atoms with Gasteiger partial charge >= 0.3 is 5.97 Å². The van der Waals surface area contributed by atoms with E-state index in [-0.39, 0.29) is 27.0 Å². The Morgan fingerprint density at radius 1 is 0.897 bits per heavy atom. The maximum atomic E-state index is 13.0. The van der Waals surface area contributed by atoms with E-state index in [1.807, 2.05) is 0 Å². The van der Waals surface area contributed by atoms with Crippen LogP contribution in [0.25, 0.3) is 0 Å². The molecule has 0 saturated heterocycles. The van der Waals surface area contributed by atoms with Gasteiger partial charge in [0.05, 0.1) is 15.5 Å². The summed E-state index contributed by atoms with van der Waals surface area (Å²) in [5, 5.41) is 0.0468. The molecule has 0 heterocycles. The Labute approximate surface area is 171 Å². The largest absolute Gasteiger partial charge is 0.423 e. The molecule has 0 aliphatic carbocycles. The lowest BCUT2D eigenvalue weighted by atomic mass is 10.0. The molecule has 3 aromatic carbocycles. The lowest BCUT2D eigenvalue weighted by molar-refractivity contribution is 0.0734. The van der Waals surface area contributed by atoms with Crippen molar-refractivity contribution in [3.05, 3.63) is 94.3 Å². The van der Waals surface area contributed by atoms with E-state index in [2.05, 4.69) is 0 Å². The number of esters is 1. The lowest BCUT2D eigenvalue weighted by Gasteiger charge is -2.08. The molecule has 8 heteroatoms. The molecule has 0 saturated carbocycles. The van der Waals surface area contributed by atoms with Crippen LogP contribution in [0.1, 0.15) is 26.3 Å². The van der Waals surface area contributed by atoms with Crippen LogP contribution >= 0.6 is 11.6 Å². The number of hydrogen-bond donors (Lipinski definition) is 0. The molecular formula is C21H14ClFO5S. The summed E-state index contributed by atoms with van der Waals surface area (Å²) in [5.74, 6) is -1.45. The second kappa shape index (κ2) is 8.14. The Hall–Kier alpha value is -3.03. The first-order chi connectivity index (χ1) is 13.6. The summed E-state index contributed by atoms with van der Waals surface area (Å²) in [5.41, 5.74) is 0.551. The summed E-state index contributed by atoms with van der Waals surface area (Å²) in [6, 6.07) is 14.6. The standard InChI is InChI=1S/C21H14ClFO5S/c1-29(26,27)17-10-11-19(22)18(12-17)21(25)28-16-8-4-14(5-9-16)20(24)13-2-6-15(23)7-3-13/h2-12H,1H3. The average Bonchev–Trinajstić information content (AvgIpc) is 2.68. The fraction of sp³-hybridized carbons (Fsp3) is 0.0476. The number of hydrogen-bond acceptors (Lipinski definition) is 5. The number of carbonyl (C=O) groups is 2. The van der Waals surface area contributed by atoms with Crippen molar-refractivity contribution in [3.8, 4) is 5.75 Å². The van der Waals surface area contributed by atoms with Crippen LogP contribution in [0.3, 0.4) is 0 Å². The first-order valence-electron chi connectivity index (χ1n) is 8.27. The summed E-state index contributed by atoms with van der Waals surface area (Å²) in [6.07, 6.45) is 1.02. The van der Waals surface area contributed by atoms with E-state index in [1.54, 1.807) is 0 Å². The number of benzene rings is 3. The van der Waals surface area contributed by atoms with E-state index < -0.39 is 21.6 Å². The maximum absolute atomic E-state index is 13.0. The van der Waals surface area contributed by atoms with Gasteiger partial charge in [0.15, 0.2) is 15.6 Å². The normalized spacial score (nSPS) is 11.1. The second-order valence-electron chi connectivity index (χ2n) is 6.16. The highest BCUT2D eigenvalue weighted by atomic mass is 35.5. The van der Waals surface area contributed by atoms with Crippen LogP contribution in [-0.2, 0) is 9.84 Å². The van der Waals surface area contributed by atoms with Crippen molar-refractivity contribution in [3.63, 3.8) is 0 Å². The minimum atomic E-state index is -3.52. The molecule has 29 heavy (non-hydrogen) atoms. The van der Waals surface area contributed by atoms with E-state index >= 15 is 0 Å². The van der Waals surface area contributed by atoms with Gasteiger partial charge in [-0.2, -0.15) is 0 Å². The van der Waals surface area contributed by atoms with Gasteiger partial charge in [0.2, 0.25) is 0 Å². The van der Waals surface area contributed by atoms with Gasteiger partial charge in [-0.3, -0.25) is 4.79 Å². The fourth-order valence-corrected chi connectivity index (χ4v) is 3.34. The maximum Gasteiger partial charge on any atom is 0.345 e. The lowest BCUT2D eigenvalue weighted by Crippen LogP contribution is -2.11. The molecule has 0 fully saturated rings. The molecule has 0 aliphatic rings. The van der Waals surface area contributed by atoms with Crippen molar-refractivity contribution < 1.29 is 27.1 Å². The number of halogens is 2. The predicted molar refractivity (Wildman–Crippen MR) is 106 cm³/mol. The monoisotopic (exact) mass is 432 g/mol. The molecule has 5 nitrogen and oxygen atoms in total. The molecule has 0 N–H and O–H groups in total. The highest BCUT2D eigenvalue weighted by Gasteiger charge is 2.18. The van der Waals surface area contributed by atoms with Crippen molar-refractivity contribution in [2.45, 2.75) is 4.90 Å². The van der Waals surface area contributed by atoms with Crippen molar-refractivity contribution in [1.82, 2.24) is 0 Å². The number of rotatable bonds is 5. The van der Waals surface area contributed by atoms with Gasteiger partial charge in [-0.05, 0) is 66.7 Å². The molecule has 0 unspecified atom stereocenters. The molecule has 0 bridgehead atoms. The zero-order valence-corrected chi connectivity index (χ0v) is 16.6. The third-order valence-corrected chi connectivity index (χ3v) is 5.46. The van der Waals surface area contributed by atoms with Crippen molar-refractivity contribution in [2.75, 3.05) is 6.26 Å². The summed E-state index contributed by atoms with van der Waals surface area (Å²) >= 11 is 5.99. The molecule has 0 spiro atoms.